The molecule has 2 aromatic rings. The Hall–Kier alpha value is -2.40. The molecule has 0 saturated carbocycles. The van der Waals surface area contributed by atoms with Crippen molar-refractivity contribution in [1.82, 2.24) is 10.3 Å². The highest BCUT2D eigenvalue weighted by Gasteiger charge is 2.10. The number of aromatic nitrogens is 1. The van der Waals surface area contributed by atoms with Gasteiger partial charge in [0.25, 0.3) is 5.91 Å². The first-order valence-corrected chi connectivity index (χ1v) is 7.19. The van der Waals surface area contributed by atoms with Gasteiger partial charge in [0.05, 0.1) is 12.7 Å². The van der Waals surface area contributed by atoms with Gasteiger partial charge in [-0.3, -0.25) is 4.79 Å². The number of hydrogen-bond donors (Lipinski definition) is 2. The van der Waals surface area contributed by atoms with E-state index in [4.69, 9.17) is 4.74 Å². The summed E-state index contributed by atoms with van der Waals surface area (Å²) in [6, 6.07) is 12.5. The molecule has 0 aliphatic carbocycles. The SMILES string of the molecule is CC(C)Oc1cccc(C(=O)NCc2ccccc2CO)n1. The summed E-state index contributed by atoms with van der Waals surface area (Å²) in [6.45, 7) is 4.09. The Morgan fingerprint density at radius 3 is 2.59 bits per heavy atom. The second-order valence-corrected chi connectivity index (χ2v) is 5.14. The summed E-state index contributed by atoms with van der Waals surface area (Å²) < 4.78 is 5.48. The van der Waals surface area contributed by atoms with E-state index in [0.717, 1.165) is 11.1 Å². The molecule has 5 heteroatoms. The number of pyridine rings is 1. The van der Waals surface area contributed by atoms with Crippen molar-refractivity contribution in [3.8, 4) is 5.88 Å². The van der Waals surface area contributed by atoms with E-state index in [1.54, 1.807) is 18.2 Å². The van der Waals surface area contributed by atoms with Crippen LogP contribution < -0.4 is 10.1 Å². The van der Waals surface area contributed by atoms with Crippen molar-refractivity contribution in [2.45, 2.75) is 33.1 Å². The fourth-order valence-electron chi connectivity index (χ4n) is 2.00. The van der Waals surface area contributed by atoms with Crippen molar-refractivity contribution >= 4 is 5.91 Å². The van der Waals surface area contributed by atoms with Crippen molar-refractivity contribution < 1.29 is 14.6 Å². The quantitative estimate of drug-likeness (QED) is 0.858. The van der Waals surface area contributed by atoms with E-state index in [2.05, 4.69) is 10.3 Å². The maximum absolute atomic E-state index is 12.2. The maximum Gasteiger partial charge on any atom is 0.270 e. The van der Waals surface area contributed by atoms with Gasteiger partial charge >= 0.3 is 0 Å². The molecule has 0 spiro atoms. The molecular weight excluding hydrogens is 280 g/mol. The Morgan fingerprint density at radius 1 is 1.18 bits per heavy atom. The number of carbonyl (C=O) groups excluding carboxylic acids is 1. The molecule has 1 aromatic carbocycles. The zero-order chi connectivity index (χ0) is 15.9. The minimum Gasteiger partial charge on any atom is -0.475 e. The molecule has 0 atom stereocenters. The lowest BCUT2D eigenvalue weighted by Crippen LogP contribution is -2.24. The standard InChI is InChI=1S/C17H20N2O3/c1-12(2)22-16-9-5-8-15(19-16)17(21)18-10-13-6-3-4-7-14(13)11-20/h3-9,12,20H,10-11H2,1-2H3,(H,18,21). The topological polar surface area (TPSA) is 71.5 Å². The summed E-state index contributed by atoms with van der Waals surface area (Å²) >= 11 is 0. The van der Waals surface area contributed by atoms with Crippen LogP contribution in [0.3, 0.4) is 0 Å². The number of hydrogen-bond acceptors (Lipinski definition) is 4. The van der Waals surface area contributed by atoms with E-state index in [9.17, 15) is 9.90 Å². The average Bonchev–Trinajstić information content (AvgIpc) is 2.52. The molecule has 2 N–H and O–H groups in total. The predicted molar refractivity (Wildman–Crippen MR) is 83.5 cm³/mol. The van der Waals surface area contributed by atoms with Gasteiger partial charge in [-0.15, -0.1) is 0 Å². The van der Waals surface area contributed by atoms with Crippen LogP contribution in [0.2, 0.25) is 0 Å². The molecule has 1 amide bonds. The lowest BCUT2D eigenvalue weighted by Gasteiger charge is -2.11. The number of aliphatic hydroxyl groups is 1. The number of ether oxygens (including phenoxy) is 1. The van der Waals surface area contributed by atoms with Crippen LogP contribution in [-0.4, -0.2) is 22.1 Å². The largest absolute Gasteiger partial charge is 0.475 e. The summed E-state index contributed by atoms with van der Waals surface area (Å²) in [6.07, 6.45) is 0.00208. The van der Waals surface area contributed by atoms with Crippen LogP contribution in [0.4, 0.5) is 0 Å². The fourth-order valence-corrected chi connectivity index (χ4v) is 2.00. The molecule has 0 fully saturated rings. The number of rotatable bonds is 6. The number of nitrogens with zero attached hydrogens (tertiary/aromatic N) is 1. The van der Waals surface area contributed by atoms with Crippen LogP contribution in [0.25, 0.3) is 0 Å². The molecule has 0 radical (unpaired) electrons. The van der Waals surface area contributed by atoms with Gasteiger partial charge < -0.3 is 15.2 Å². The van der Waals surface area contributed by atoms with Crippen LogP contribution in [0, 0.1) is 0 Å². The molecule has 116 valence electrons. The predicted octanol–water partition coefficient (Wildman–Crippen LogP) is 2.29. The Kier molecular flexibility index (Phi) is 5.49. The summed E-state index contributed by atoms with van der Waals surface area (Å²) in [4.78, 5) is 16.3. The van der Waals surface area contributed by atoms with E-state index in [1.165, 1.54) is 0 Å². The summed E-state index contributed by atoms with van der Waals surface area (Å²) in [5, 5.41) is 12.1. The lowest BCUT2D eigenvalue weighted by molar-refractivity contribution is 0.0943. The molecule has 5 nitrogen and oxygen atoms in total. The number of benzene rings is 1. The van der Waals surface area contributed by atoms with Crippen molar-refractivity contribution in [2.75, 3.05) is 0 Å². The van der Waals surface area contributed by atoms with E-state index in [0.29, 0.717) is 18.1 Å². The van der Waals surface area contributed by atoms with Crippen molar-refractivity contribution in [2.24, 2.45) is 0 Å². The van der Waals surface area contributed by atoms with Gasteiger partial charge in [0.2, 0.25) is 5.88 Å². The highest BCUT2D eigenvalue weighted by Crippen LogP contribution is 2.11. The van der Waals surface area contributed by atoms with E-state index in [-0.39, 0.29) is 18.6 Å². The molecule has 1 heterocycles. The molecule has 1 aromatic heterocycles. The number of aliphatic hydroxyl groups excluding tert-OH is 1. The van der Waals surface area contributed by atoms with Crippen molar-refractivity contribution in [3.05, 3.63) is 59.3 Å². The molecule has 0 aliphatic heterocycles. The normalized spacial score (nSPS) is 10.5. The highest BCUT2D eigenvalue weighted by atomic mass is 16.5. The second-order valence-electron chi connectivity index (χ2n) is 5.14. The van der Waals surface area contributed by atoms with Crippen molar-refractivity contribution in [1.29, 1.82) is 0 Å². The summed E-state index contributed by atoms with van der Waals surface area (Å²) in [5.41, 5.74) is 1.99. The Morgan fingerprint density at radius 2 is 1.91 bits per heavy atom. The Bertz CT molecular complexity index is 641. The van der Waals surface area contributed by atoms with Crippen LogP contribution in [0.5, 0.6) is 5.88 Å². The van der Waals surface area contributed by atoms with Gasteiger partial charge in [-0.25, -0.2) is 4.98 Å². The Labute approximate surface area is 130 Å². The maximum atomic E-state index is 12.2. The summed E-state index contributed by atoms with van der Waals surface area (Å²) in [7, 11) is 0. The molecule has 0 bridgehead atoms. The monoisotopic (exact) mass is 300 g/mol. The molecule has 0 unspecified atom stereocenters. The summed E-state index contributed by atoms with van der Waals surface area (Å²) in [5.74, 6) is 0.153. The number of amides is 1. The van der Waals surface area contributed by atoms with Crippen LogP contribution in [-0.2, 0) is 13.2 Å². The molecule has 0 aliphatic rings. The fraction of sp³-hybridized carbons (Fsp3) is 0.294. The smallest absolute Gasteiger partial charge is 0.270 e. The van der Waals surface area contributed by atoms with Gasteiger partial charge in [0.15, 0.2) is 0 Å². The molecule has 22 heavy (non-hydrogen) atoms. The number of carbonyl (C=O) groups is 1. The second kappa shape index (κ2) is 7.56. The molecular formula is C17H20N2O3. The molecule has 2 rings (SSSR count). The zero-order valence-electron chi connectivity index (χ0n) is 12.7. The van der Waals surface area contributed by atoms with Gasteiger partial charge in [-0.05, 0) is 31.0 Å². The average molecular weight is 300 g/mol. The third kappa shape index (κ3) is 4.30. The Balaban J connectivity index is 2.03. The van der Waals surface area contributed by atoms with Gasteiger partial charge in [-0.1, -0.05) is 30.3 Å². The van der Waals surface area contributed by atoms with E-state index in [1.807, 2.05) is 38.1 Å². The molecule has 0 saturated heterocycles. The van der Waals surface area contributed by atoms with Gasteiger partial charge in [0.1, 0.15) is 5.69 Å². The van der Waals surface area contributed by atoms with Gasteiger partial charge in [-0.2, -0.15) is 0 Å². The first-order valence-electron chi connectivity index (χ1n) is 7.19. The highest BCUT2D eigenvalue weighted by molar-refractivity contribution is 5.92. The minimum absolute atomic E-state index is 0.00208. The zero-order valence-corrected chi connectivity index (χ0v) is 12.7. The third-order valence-electron chi connectivity index (χ3n) is 3.04. The first kappa shape index (κ1) is 16.0. The van der Waals surface area contributed by atoms with Crippen LogP contribution in [0.15, 0.2) is 42.5 Å². The van der Waals surface area contributed by atoms with Crippen LogP contribution >= 0.6 is 0 Å². The minimum atomic E-state index is -0.276. The third-order valence-corrected chi connectivity index (χ3v) is 3.04. The van der Waals surface area contributed by atoms with Crippen molar-refractivity contribution in [3.63, 3.8) is 0 Å². The lowest BCUT2D eigenvalue weighted by atomic mass is 10.1. The number of nitrogens with one attached hydrogen (secondary N) is 1. The van der Waals surface area contributed by atoms with Gasteiger partial charge in [0, 0.05) is 12.6 Å². The van der Waals surface area contributed by atoms with E-state index >= 15 is 0 Å². The van der Waals surface area contributed by atoms with E-state index < -0.39 is 0 Å². The van der Waals surface area contributed by atoms with Crippen LogP contribution in [0.1, 0.15) is 35.5 Å². The first-order chi connectivity index (χ1) is 10.6.